The minimum atomic E-state index is -0.399. The first kappa shape index (κ1) is 16.8. The van der Waals surface area contributed by atoms with Crippen molar-refractivity contribution in [1.82, 2.24) is 9.97 Å². The number of rotatable bonds is 3. The zero-order chi connectivity index (χ0) is 17.3. The maximum Gasteiger partial charge on any atom is 0.294 e. The molecule has 0 aliphatic heterocycles. The minimum Gasteiger partial charge on any atom is -0.450 e. The molecule has 4 nitrogen and oxygen atoms in total. The van der Waals surface area contributed by atoms with Crippen LogP contribution in [0.3, 0.4) is 0 Å². The van der Waals surface area contributed by atoms with Gasteiger partial charge in [-0.2, -0.15) is 0 Å². The molecule has 1 N–H and O–H groups in total. The van der Waals surface area contributed by atoms with Gasteiger partial charge in [0.2, 0.25) is 5.75 Å². The van der Waals surface area contributed by atoms with Crippen molar-refractivity contribution in [2.24, 2.45) is 0 Å². The van der Waals surface area contributed by atoms with Crippen LogP contribution in [0.15, 0.2) is 47.3 Å². The Morgan fingerprint density at radius 1 is 0.958 bits per heavy atom. The van der Waals surface area contributed by atoms with Crippen molar-refractivity contribution < 1.29 is 4.74 Å². The van der Waals surface area contributed by atoms with E-state index in [0.717, 1.165) is 0 Å². The normalized spacial score (nSPS) is 10.7. The highest BCUT2D eigenvalue weighted by molar-refractivity contribution is 6.35. The second kappa shape index (κ2) is 6.85. The van der Waals surface area contributed by atoms with Gasteiger partial charge in [0.25, 0.3) is 5.56 Å². The first-order valence-corrected chi connectivity index (χ1v) is 8.06. The van der Waals surface area contributed by atoms with Gasteiger partial charge in [0, 0.05) is 20.6 Å². The topological polar surface area (TPSA) is 55.0 Å². The Hall–Kier alpha value is -2.01. The first-order chi connectivity index (χ1) is 11.4. The van der Waals surface area contributed by atoms with Gasteiger partial charge in [0.05, 0.1) is 5.69 Å². The predicted molar refractivity (Wildman–Crippen MR) is 96.6 cm³/mol. The van der Waals surface area contributed by atoms with E-state index in [1.54, 1.807) is 49.4 Å². The number of aromatic nitrogens is 2. The van der Waals surface area contributed by atoms with Crippen LogP contribution in [0.4, 0.5) is 0 Å². The lowest BCUT2D eigenvalue weighted by Gasteiger charge is -2.09. The summed E-state index contributed by atoms with van der Waals surface area (Å²) in [7, 11) is 0. The number of ether oxygens (including phenoxy) is 1. The third-order valence-electron chi connectivity index (χ3n) is 3.22. The fourth-order valence-corrected chi connectivity index (χ4v) is 2.80. The van der Waals surface area contributed by atoms with Gasteiger partial charge < -0.3 is 9.72 Å². The maximum atomic E-state index is 12.4. The third kappa shape index (κ3) is 3.73. The molecule has 0 saturated carbocycles. The molecule has 3 rings (SSSR count). The van der Waals surface area contributed by atoms with Crippen LogP contribution in [-0.2, 0) is 0 Å². The summed E-state index contributed by atoms with van der Waals surface area (Å²) in [6.45, 7) is 1.69. The summed E-state index contributed by atoms with van der Waals surface area (Å²) in [4.78, 5) is 19.4. The van der Waals surface area contributed by atoms with Crippen LogP contribution >= 0.6 is 34.8 Å². The number of benzene rings is 2. The highest BCUT2D eigenvalue weighted by Gasteiger charge is 2.12. The number of hydrogen-bond acceptors (Lipinski definition) is 3. The first-order valence-electron chi connectivity index (χ1n) is 6.93. The molecule has 1 aromatic heterocycles. The standard InChI is InChI=1S/C17H11Cl3N2O2/c1-9-15(24-14-4-2-11(18)3-5-14)17(23)22-16(21-9)10-6-12(19)8-13(20)7-10/h2-8H,1H3,(H,21,22,23). The van der Waals surface area contributed by atoms with Crippen molar-refractivity contribution in [2.75, 3.05) is 0 Å². The average molecular weight is 382 g/mol. The number of aromatic amines is 1. The van der Waals surface area contributed by atoms with Crippen molar-refractivity contribution in [3.8, 4) is 22.9 Å². The zero-order valence-corrected chi connectivity index (χ0v) is 14.7. The van der Waals surface area contributed by atoms with Crippen molar-refractivity contribution in [2.45, 2.75) is 6.92 Å². The Labute approximate surface area is 153 Å². The molecular formula is C17H11Cl3N2O2. The molecule has 0 spiro atoms. The smallest absolute Gasteiger partial charge is 0.294 e. The molecule has 0 bridgehead atoms. The number of halogens is 3. The summed E-state index contributed by atoms with van der Waals surface area (Å²) in [6.07, 6.45) is 0. The Bertz CT molecular complexity index is 933. The molecule has 122 valence electrons. The quantitative estimate of drug-likeness (QED) is 0.652. The molecule has 0 saturated heterocycles. The highest BCUT2D eigenvalue weighted by Crippen LogP contribution is 2.27. The van der Waals surface area contributed by atoms with Gasteiger partial charge in [-0.05, 0) is 49.4 Å². The number of aryl methyl sites for hydroxylation is 1. The van der Waals surface area contributed by atoms with Gasteiger partial charge in [0.1, 0.15) is 11.6 Å². The zero-order valence-electron chi connectivity index (χ0n) is 12.4. The molecule has 1 heterocycles. The van der Waals surface area contributed by atoms with Crippen molar-refractivity contribution >= 4 is 34.8 Å². The minimum absolute atomic E-state index is 0.120. The van der Waals surface area contributed by atoms with E-state index in [1.807, 2.05) is 0 Å². The van der Waals surface area contributed by atoms with Crippen molar-refractivity contribution in [3.63, 3.8) is 0 Å². The average Bonchev–Trinajstić information content (AvgIpc) is 2.51. The molecule has 0 amide bonds. The number of H-pyrrole nitrogens is 1. The Kier molecular flexibility index (Phi) is 4.81. The molecule has 7 heteroatoms. The van der Waals surface area contributed by atoms with E-state index >= 15 is 0 Å². The Balaban J connectivity index is 1.99. The van der Waals surface area contributed by atoms with Crippen LogP contribution in [-0.4, -0.2) is 9.97 Å². The van der Waals surface area contributed by atoms with Crippen LogP contribution in [0.5, 0.6) is 11.5 Å². The van der Waals surface area contributed by atoms with E-state index in [-0.39, 0.29) is 5.75 Å². The highest BCUT2D eigenvalue weighted by atomic mass is 35.5. The van der Waals surface area contributed by atoms with Gasteiger partial charge in [0.15, 0.2) is 0 Å². The van der Waals surface area contributed by atoms with Gasteiger partial charge >= 0.3 is 0 Å². The summed E-state index contributed by atoms with van der Waals surface area (Å²) in [6, 6.07) is 11.6. The van der Waals surface area contributed by atoms with E-state index in [1.165, 1.54) is 0 Å². The predicted octanol–water partition coefficient (Wildman–Crippen LogP) is 5.50. The molecule has 2 aromatic carbocycles. The van der Waals surface area contributed by atoms with E-state index in [0.29, 0.717) is 37.9 Å². The number of nitrogens with one attached hydrogen (secondary N) is 1. The van der Waals surface area contributed by atoms with Crippen LogP contribution in [0.1, 0.15) is 5.69 Å². The van der Waals surface area contributed by atoms with Crippen LogP contribution < -0.4 is 10.3 Å². The molecular weight excluding hydrogens is 371 g/mol. The summed E-state index contributed by atoms with van der Waals surface area (Å²) >= 11 is 17.8. The molecule has 0 aliphatic rings. The summed E-state index contributed by atoms with van der Waals surface area (Å²) in [5.74, 6) is 0.980. The lowest BCUT2D eigenvalue weighted by molar-refractivity contribution is 0.467. The molecule has 3 aromatic rings. The Morgan fingerprint density at radius 3 is 2.17 bits per heavy atom. The van der Waals surface area contributed by atoms with E-state index in [2.05, 4.69) is 9.97 Å². The summed E-state index contributed by atoms with van der Waals surface area (Å²) in [5.41, 5.74) is 0.661. The maximum absolute atomic E-state index is 12.4. The number of hydrogen-bond donors (Lipinski definition) is 1. The van der Waals surface area contributed by atoms with Crippen LogP contribution in [0.2, 0.25) is 15.1 Å². The molecule has 0 aliphatic carbocycles. The third-order valence-corrected chi connectivity index (χ3v) is 3.90. The summed E-state index contributed by atoms with van der Waals surface area (Å²) < 4.78 is 5.62. The van der Waals surface area contributed by atoms with Gasteiger partial charge in [-0.1, -0.05) is 34.8 Å². The van der Waals surface area contributed by atoms with E-state index in [4.69, 9.17) is 39.5 Å². The lowest BCUT2D eigenvalue weighted by atomic mass is 10.2. The SMILES string of the molecule is Cc1nc(-c2cc(Cl)cc(Cl)c2)[nH]c(=O)c1Oc1ccc(Cl)cc1. The second-order valence-electron chi connectivity index (χ2n) is 5.04. The van der Waals surface area contributed by atoms with Gasteiger partial charge in [-0.3, -0.25) is 4.79 Å². The second-order valence-corrected chi connectivity index (χ2v) is 6.35. The van der Waals surface area contributed by atoms with Gasteiger partial charge in [-0.15, -0.1) is 0 Å². The number of nitrogens with zero attached hydrogens (tertiary/aromatic N) is 1. The molecule has 0 atom stereocenters. The lowest BCUT2D eigenvalue weighted by Crippen LogP contribution is -2.13. The fourth-order valence-electron chi connectivity index (χ4n) is 2.14. The van der Waals surface area contributed by atoms with Crippen LogP contribution in [0.25, 0.3) is 11.4 Å². The molecule has 0 radical (unpaired) electrons. The molecule has 0 unspecified atom stereocenters. The summed E-state index contributed by atoms with van der Waals surface area (Å²) in [5, 5.41) is 1.50. The van der Waals surface area contributed by atoms with Crippen LogP contribution in [0, 0.1) is 6.92 Å². The monoisotopic (exact) mass is 380 g/mol. The Morgan fingerprint density at radius 2 is 1.58 bits per heavy atom. The molecule has 24 heavy (non-hydrogen) atoms. The van der Waals surface area contributed by atoms with Crippen molar-refractivity contribution in [1.29, 1.82) is 0 Å². The molecule has 0 fully saturated rings. The van der Waals surface area contributed by atoms with E-state index < -0.39 is 5.56 Å². The fraction of sp³-hybridized carbons (Fsp3) is 0.0588. The van der Waals surface area contributed by atoms with Gasteiger partial charge in [-0.25, -0.2) is 4.98 Å². The van der Waals surface area contributed by atoms with Crippen molar-refractivity contribution in [3.05, 3.63) is 73.6 Å². The largest absolute Gasteiger partial charge is 0.450 e. The van der Waals surface area contributed by atoms with E-state index in [9.17, 15) is 4.79 Å².